The number of benzene rings is 1. The van der Waals surface area contributed by atoms with Gasteiger partial charge in [-0.3, -0.25) is 15.0 Å². The summed E-state index contributed by atoms with van der Waals surface area (Å²) in [4.78, 5) is 26.8. The van der Waals surface area contributed by atoms with Crippen LogP contribution in [0.1, 0.15) is 45.0 Å². The smallest absolute Gasteiger partial charge is 0.322 e. The number of carbonyl (C=O) groups is 2. The number of nitrogens with one attached hydrogen (secondary N) is 2. The number of fused-ring (bicyclic) bond motifs is 1. The lowest BCUT2D eigenvalue weighted by molar-refractivity contribution is -0.124. The lowest BCUT2D eigenvalue weighted by atomic mass is 9.87. The minimum absolute atomic E-state index is 0.108. The normalized spacial score (nSPS) is 23.6. The van der Waals surface area contributed by atoms with Crippen molar-refractivity contribution in [3.63, 3.8) is 0 Å². The molecule has 2 aliphatic heterocycles. The molecule has 0 saturated carbocycles. The first-order chi connectivity index (χ1) is 15.3. The molecule has 168 valence electrons. The monoisotopic (exact) mass is 435 g/mol. The van der Waals surface area contributed by atoms with Crippen LogP contribution in [0.15, 0.2) is 53.6 Å². The predicted octanol–water partition coefficient (Wildman–Crippen LogP) is 2.94. The van der Waals surface area contributed by atoms with Crippen LogP contribution < -0.4 is 15.4 Å². The molecule has 7 nitrogen and oxygen atoms in total. The van der Waals surface area contributed by atoms with E-state index in [0.29, 0.717) is 24.5 Å². The molecule has 3 N–H and O–H groups in total. The van der Waals surface area contributed by atoms with E-state index in [1.165, 1.54) is 0 Å². The second-order valence-electron chi connectivity index (χ2n) is 7.78. The standard InChI is InChI=1S/C25H29N3O4/c1-5-8-13-32-20-11-12-21-18(14-20)15-28(22(21)29)16-25(23(30)26-24(31)27-25)19(7-3)10-9-17(4)6-2/h6-7,9-12,14,22,29H,13,15-16H2,1-4H3,(H2,26,27,30,31)/b10-9-,17-6-,19-7+. The molecule has 0 bridgehead atoms. The van der Waals surface area contributed by atoms with E-state index in [1.54, 1.807) is 24.0 Å². The molecule has 0 spiro atoms. The van der Waals surface area contributed by atoms with Crippen molar-refractivity contribution in [3.8, 4) is 17.6 Å². The summed E-state index contributed by atoms with van der Waals surface area (Å²) < 4.78 is 5.63. The molecule has 2 heterocycles. The van der Waals surface area contributed by atoms with Crippen molar-refractivity contribution < 1.29 is 19.4 Å². The molecule has 2 atom stereocenters. The van der Waals surface area contributed by atoms with Crippen LogP contribution in [0.2, 0.25) is 0 Å². The molecule has 0 radical (unpaired) electrons. The Morgan fingerprint density at radius 2 is 2.09 bits per heavy atom. The van der Waals surface area contributed by atoms with Gasteiger partial charge in [0.1, 0.15) is 18.6 Å². The van der Waals surface area contributed by atoms with Gasteiger partial charge in [-0.2, -0.15) is 0 Å². The topological polar surface area (TPSA) is 90.9 Å². The quantitative estimate of drug-likeness (QED) is 0.348. The third kappa shape index (κ3) is 4.62. The number of imide groups is 1. The summed E-state index contributed by atoms with van der Waals surface area (Å²) in [6.45, 7) is 8.27. The van der Waals surface area contributed by atoms with Gasteiger partial charge in [-0.15, -0.1) is 5.92 Å². The van der Waals surface area contributed by atoms with Crippen molar-refractivity contribution in [2.45, 2.75) is 46.0 Å². The van der Waals surface area contributed by atoms with Crippen LogP contribution in [0, 0.1) is 11.8 Å². The number of urea groups is 1. The predicted molar refractivity (Wildman–Crippen MR) is 122 cm³/mol. The number of aliphatic hydroxyl groups is 1. The summed E-state index contributed by atoms with van der Waals surface area (Å²) in [7, 11) is 0. The molecule has 0 aliphatic carbocycles. The molecule has 3 amide bonds. The van der Waals surface area contributed by atoms with E-state index >= 15 is 0 Å². The van der Waals surface area contributed by atoms with Gasteiger partial charge in [0, 0.05) is 18.7 Å². The molecule has 2 unspecified atom stereocenters. The highest BCUT2D eigenvalue weighted by atomic mass is 16.5. The summed E-state index contributed by atoms with van der Waals surface area (Å²) in [5.41, 5.74) is 2.02. The van der Waals surface area contributed by atoms with Crippen LogP contribution in [0.3, 0.4) is 0 Å². The van der Waals surface area contributed by atoms with Gasteiger partial charge in [0.25, 0.3) is 5.91 Å². The van der Waals surface area contributed by atoms with E-state index in [-0.39, 0.29) is 6.54 Å². The van der Waals surface area contributed by atoms with Gasteiger partial charge in [-0.1, -0.05) is 41.9 Å². The Hall–Kier alpha value is -3.34. The van der Waals surface area contributed by atoms with Crippen LogP contribution >= 0.6 is 0 Å². The maximum Gasteiger partial charge on any atom is 0.322 e. The highest BCUT2D eigenvalue weighted by Gasteiger charge is 2.50. The van der Waals surface area contributed by atoms with Gasteiger partial charge < -0.3 is 15.2 Å². The van der Waals surface area contributed by atoms with Crippen LogP contribution in [-0.2, 0) is 11.3 Å². The fourth-order valence-electron chi connectivity index (χ4n) is 3.90. The summed E-state index contributed by atoms with van der Waals surface area (Å²) in [5, 5.41) is 16.1. The van der Waals surface area contributed by atoms with E-state index in [2.05, 4.69) is 22.5 Å². The number of carbonyl (C=O) groups excluding carboxylic acids is 2. The number of nitrogens with zero attached hydrogens (tertiary/aromatic N) is 1. The average Bonchev–Trinajstić information content (AvgIpc) is 3.23. The van der Waals surface area contributed by atoms with E-state index in [1.807, 2.05) is 51.1 Å². The fourth-order valence-corrected chi connectivity index (χ4v) is 3.90. The van der Waals surface area contributed by atoms with Gasteiger partial charge in [0.2, 0.25) is 0 Å². The Kier molecular flexibility index (Phi) is 7.18. The molecule has 32 heavy (non-hydrogen) atoms. The largest absolute Gasteiger partial charge is 0.481 e. The van der Waals surface area contributed by atoms with Crippen molar-refractivity contribution in [3.05, 3.63) is 64.8 Å². The zero-order valence-corrected chi connectivity index (χ0v) is 18.9. The zero-order valence-electron chi connectivity index (χ0n) is 18.9. The van der Waals surface area contributed by atoms with Crippen LogP contribution in [0.5, 0.6) is 5.75 Å². The molecule has 1 saturated heterocycles. The Morgan fingerprint density at radius 3 is 2.72 bits per heavy atom. The first-order valence-electron chi connectivity index (χ1n) is 10.5. The van der Waals surface area contributed by atoms with Crippen LogP contribution in [0.25, 0.3) is 0 Å². The summed E-state index contributed by atoms with van der Waals surface area (Å²) >= 11 is 0. The van der Waals surface area contributed by atoms with Crippen molar-refractivity contribution in [2.75, 3.05) is 13.2 Å². The molecule has 2 aliphatic rings. The minimum atomic E-state index is -1.31. The number of amides is 3. The minimum Gasteiger partial charge on any atom is -0.481 e. The number of ether oxygens (including phenoxy) is 1. The van der Waals surface area contributed by atoms with Gasteiger partial charge in [0.05, 0.1) is 0 Å². The average molecular weight is 436 g/mol. The lowest BCUT2D eigenvalue weighted by Crippen LogP contribution is -2.56. The van der Waals surface area contributed by atoms with Crippen molar-refractivity contribution in [1.29, 1.82) is 0 Å². The number of aliphatic hydroxyl groups excluding tert-OH is 1. The molecule has 0 aromatic heterocycles. The Balaban J connectivity index is 1.88. The Morgan fingerprint density at radius 1 is 1.31 bits per heavy atom. The van der Waals surface area contributed by atoms with Crippen LogP contribution in [-0.4, -0.2) is 40.6 Å². The molecule has 1 aromatic carbocycles. The van der Waals surface area contributed by atoms with Gasteiger partial charge in [-0.25, -0.2) is 4.79 Å². The van der Waals surface area contributed by atoms with Gasteiger partial charge >= 0.3 is 6.03 Å². The molecule has 1 fully saturated rings. The third-order valence-corrected chi connectivity index (χ3v) is 5.77. The highest BCUT2D eigenvalue weighted by molar-refractivity contribution is 6.09. The van der Waals surface area contributed by atoms with E-state index in [9.17, 15) is 14.7 Å². The van der Waals surface area contributed by atoms with E-state index in [4.69, 9.17) is 4.74 Å². The molecule has 1 aromatic rings. The maximum absolute atomic E-state index is 13.0. The molecular formula is C25H29N3O4. The summed E-state index contributed by atoms with van der Waals surface area (Å²) in [6.07, 6.45) is 6.58. The van der Waals surface area contributed by atoms with Crippen molar-refractivity contribution in [1.82, 2.24) is 15.5 Å². The molecule has 7 heteroatoms. The first-order valence-corrected chi connectivity index (χ1v) is 10.5. The van der Waals surface area contributed by atoms with Crippen LogP contribution in [0.4, 0.5) is 4.79 Å². The van der Waals surface area contributed by atoms with Gasteiger partial charge in [-0.05, 0) is 51.0 Å². The molecular weight excluding hydrogens is 406 g/mol. The lowest BCUT2D eigenvalue weighted by Gasteiger charge is -2.33. The first kappa shape index (κ1) is 23.3. The summed E-state index contributed by atoms with van der Waals surface area (Å²) in [6, 6.07) is 4.94. The number of allylic oxidation sites excluding steroid dienone is 4. The van der Waals surface area contributed by atoms with E-state index < -0.39 is 23.7 Å². The Labute approximate surface area is 188 Å². The number of rotatable bonds is 7. The van der Waals surface area contributed by atoms with E-state index in [0.717, 1.165) is 16.7 Å². The third-order valence-electron chi connectivity index (χ3n) is 5.77. The second-order valence-corrected chi connectivity index (χ2v) is 7.78. The van der Waals surface area contributed by atoms with Crippen molar-refractivity contribution >= 4 is 11.9 Å². The fraction of sp³-hybridized carbons (Fsp3) is 0.360. The Bertz CT molecular complexity index is 1060. The second kappa shape index (κ2) is 9.86. The number of hydrogen-bond donors (Lipinski definition) is 3. The highest BCUT2D eigenvalue weighted by Crippen LogP contribution is 2.37. The maximum atomic E-state index is 13.0. The zero-order chi connectivity index (χ0) is 23.3. The van der Waals surface area contributed by atoms with Crippen molar-refractivity contribution in [2.24, 2.45) is 0 Å². The number of hydrogen-bond acceptors (Lipinski definition) is 5. The summed E-state index contributed by atoms with van der Waals surface area (Å²) in [5.74, 6) is 5.86. The van der Waals surface area contributed by atoms with Gasteiger partial charge in [0.15, 0.2) is 5.54 Å². The SMILES string of the molecule is CC#CCOc1ccc2c(c1)CN(CC1(C(/C=C\C(C)=C/C)=C/C)NC(=O)NC1=O)C2O. The molecule has 3 rings (SSSR count).